The lowest BCUT2D eigenvalue weighted by atomic mass is 9.34. The number of carbonyl (C=O) groups excluding carboxylic acids is 7. The Morgan fingerprint density at radius 1 is 0.850 bits per heavy atom. The van der Waals surface area contributed by atoms with Crippen molar-refractivity contribution in [1.29, 1.82) is 0 Å². The van der Waals surface area contributed by atoms with Crippen molar-refractivity contribution >= 4 is 117 Å². The van der Waals surface area contributed by atoms with Crippen LogP contribution in [0.15, 0.2) is 48.8 Å². The second-order valence-corrected chi connectivity index (χ2v) is 23.5. The van der Waals surface area contributed by atoms with E-state index in [1.54, 1.807) is 73.1 Å². The lowest BCUT2D eigenvalue weighted by Gasteiger charge is -2.69. The standard InChI is InChI=1S/C54H64ClN10O13PS/c1-28(2)45(61-41(68)21-56-31(5)66)48(69)59-22-40(67)60-34-10-8-32(9-11-34)24-76-51(72)62(6)14-15-63(7)52(80)77-38-16-36-35(42-29(3)19-57-46(38)42)12-13-64(36)49(70)53-25-54(26-53,27-53)50(71)65-23-33(18-55)44-37(65)17-39(78-79(73,74)75)47-43(44)30(4)20-58-47/h8-11,16-17,19-20,28,33,45,57-58H,12-15,18,21-27H2,1-7H3,(H,56,66)(H,59,69)(H,60,67)(H,61,68)(H2,73,74,75)/t33-,45?,53?,54?/m1/s1. The fraction of sp³-hybridized carbons (Fsp3) is 0.444. The Kier molecular flexibility index (Phi) is 16.1. The third-order valence-corrected chi connectivity index (χ3v) is 16.7. The highest BCUT2D eigenvalue weighted by atomic mass is 35.5. The maximum absolute atomic E-state index is 14.7. The van der Waals surface area contributed by atoms with Crippen LogP contribution in [0, 0.1) is 30.6 Å². The first-order valence-electron chi connectivity index (χ1n) is 26.1. The van der Waals surface area contributed by atoms with E-state index in [-0.39, 0.29) is 85.7 Å². The van der Waals surface area contributed by atoms with Crippen LogP contribution >= 0.6 is 31.6 Å². The number of rotatable bonds is 19. The number of H-pyrrole nitrogens is 2. The molecule has 3 aromatic carbocycles. The molecule has 2 aliphatic heterocycles. The first kappa shape index (κ1) is 57.4. The van der Waals surface area contributed by atoms with Crippen LogP contribution in [0.4, 0.5) is 21.9 Å². The number of benzene rings is 3. The van der Waals surface area contributed by atoms with Crippen molar-refractivity contribution in [3.05, 3.63) is 76.6 Å². The first-order chi connectivity index (χ1) is 37.8. The molecule has 2 atom stereocenters. The molecule has 3 aliphatic carbocycles. The van der Waals surface area contributed by atoms with Crippen molar-refractivity contribution in [2.24, 2.45) is 16.7 Å². The molecule has 8 N–H and O–H groups in total. The van der Waals surface area contributed by atoms with Gasteiger partial charge in [-0.15, -0.1) is 11.6 Å². The van der Waals surface area contributed by atoms with Crippen molar-refractivity contribution in [2.45, 2.75) is 78.9 Å². The number of thiocarbonyl (C=S) groups is 1. The third-order valence-electron chi connectivity index (χ3n) is 15.5. The van der Waals surface area contributed by atoms with Gasteiger partial charge >= 0.3 is 13.9 Å². The van der Waals surface area contributed by atoms with E-state index in [1.807, 2.05) is 26.1 Å². The molecule has 0 spiro atoms. The molecular weight excluding hydrogens is 1100 g/mol. The summed E-state index contributed by atoms with van der Waals surface area (Å²) in [5.74, 6) is -2.17. The summed E-state index contributed by atoms with van der Waals surface area (Å²) < 4.78 is 29.1. The predicted octanol–water partition coefficient (Wildman–Crippen LogP) is 5.36. The fourth-order valence-corrected chi connectivity index (χ4v) is 12.4. The van der Waals surface area contributed by atoms with Gasteiger partial charge in [0.1, 0.15) is 12.6 Å². The molecule has 3 saturated carbocycles. The Morgan fingerprint density at radius 3 is 2.08 bits per heavy atom. The Balaban J connectivity index is 0.764. The number of carbonyl (C=O) groups is 7. The van der Waals surface area contributed by atoms with E-state index in [0.29, 0.717) is 71.5 Å². The number of phosphoric acid groups is 1. The van der Waals surface area contributed by atoms with Gasteiger partial charge in [-0.3, -0.25) is 38.6 Å². The van der Waals surface area contributed by atoms with E-state index in [4.69, 9.17) is 37.8 Å². The monoisotopic (exact) mass is 1160 g/mol. The van der Waals surface area contributed by atoms with Gasteiger partial charge in [0.15, 0.2) is 11.5 Å². The fourth-order valence-electron chi connectivity index (χ4n) is 11.5. The summed E-state index contributed by atoms with van der Waals surface area (Å²) in [4.78, 5) is 123. The van der Waals surface area contributed by atoms with Crippen LogP contribution < -0.4 is 40.3 Å². The number of nitrogens with zero attached hydrogens (tertiary/aromatic N) is 4. The molecule has 5 aromatic rings. The maximum atomic E-state index is 14.7. The Bertz CT molecular complexity index is 3390. The molecule has 3 fully saturated rings. The van der Waals surface area contributed by atoms with Gasteiger partial charge in [0.2, 0.25) is 35.4 Å². The maximum Gasteiger partial charge on any atom is 0.524 e. The van der Waals surface area contributed by atoms with E-state index in [9.17, 15) is 47.9 Å². The van der Waals surface area contributed by atoms with Crippen LogP contribution in [0.1, 0.15) is 73.8 Å². The average molecular weight is 1160 g/mol. The molecule has 2 aromatic heterocycles. The number of phosphoric ester groups is 1. The Morgan fingerprint density at radius 2 is 1.45 bits per heavy atom. The van der Waals surface area contributed by atoms with E-state index in [0.717, 1.165) is 33.2 Å². The number of alkyl halides is 1. The minimum Gasteiger partial charge on any atom is -0.445 e. The van der Waals surface area contributed by atoms with Crippen molar-refractivity contribution in [1.82, 2.24) is 35.7 Å². The summed E-state index contributed by atoms with van der Waals surface area (Å²) in [7, 11) is -1.62. The van der Waals surface area contributed by atoms with Crippen LogP contribution in [0.3, 0.4) is 0 Å². The number of aryl methyl sites for hydroxylation is 2. The predicted molar refractivity (Wildman–Crippen MR) is 302 cm³/mol. The molecule has 7 amide bonds. The van der Waals surface area contributed by atoms with Crippen molar-refractivity contribution in [2.75, 3.05) is 74.4 Å². The highest BCUT2D eigenvalue weighted by Crippen LogP contribution is 2.75. The zero-order valence-electron chi connectivity index (χ0n) is 45.2. The lowest BCUT2D eigenvalue weighted by molar-refractivity contribution is -0.204. The normalized spacial score (nSPS) is 19.1. The molecule has 10 rings (SSSR count). The molecule has 1 unspecified atom stereocenters. The van der Waals surface area contributed by atoms with Crippen LogP contribution in [-0.4, -0.2) is 142 Å². The molecule has 0 radical (unpaired) electrons. The van der Waals surface area contributed by atoms with Gasteiger partial charge in [0, 0.05) is 100.0 Å². The SMILES string of the molecule is CC(=O)NCC(=O)NC(C(=O)NCC(=O)Nc1ccc(COC(=O)N(C)CCN(C)C(=S)Oc2cc3c(c4c(C)c[nH]c24)CCN3C(=O)C23CC(C(=O)N4C[C@@H](CCl)c5c4cc(OP(=O)(O)O)c4[nH]cc(C)c54)(C2)C3)cc1)C(C)C. The van der Waals surface area contributed by atoms with E-state index >= 15 is 0 Å². The van der Waals surface area contributed by atoms with Gasteiger partial charge in [-0.25, -0.2) is 9.36 Å². The first-order valence-corrected chi connectivity index (χ1v) is 28.5. The van der Waals surface area contributed by atoms with Crippen LogP contribution in [0.25, 0.3) is 21.8 Å². The van der Waals surface area contributed by atoms with Crippen molar-refractivity contribution in [3.8, 4) is 11.5 Å². The summed E-state index contributed by atoms with van der Waals surface area (Å²) in [6.07, 6.45) is 4.71. The number of anilines is 3. The second kappa shape index (κ2) is 22.4. The summed E-state index contributed by atoms with van der Waals surface area (Å²) >= 11 is 12.3. The van der Waals surface area contributed by atoms with Crippen molar-refractivity contribution < 1.29 is 61.9 Å². The van der Waals surface area contributed by atoms with E-state index < -0.39 is 48.5 Å². The Hall–Kier alpha value is -7.24. The number of halogens is 1. The molecule has 4 heterocycles. The van der Waals surface area contributed by atoms with Crippen LogP contribution in [-0.2, 0) is 51.1 Å². The number of aromatic amines is 2. The number of hydrogen-bond acceptors (Lipinski definition) is 12. The summed E-state index contributed by atoms with van der Waals surface area (Å²) in [5.41, 5.74) is 5.52. The molecule has 426 valence electrons. The minimum absolute atomic E-state index is 0.0537. The smallest absolute Gasteiger partial charge is 0.445 e. The van der Waals surface area contributed by atoms with Gasteiger partial charge in [-0.2, -0.15) is 0 Å². The van der Waals surface area contributed by atoms with Gasteiger partial charge in [-0.1, -0.05) is 26.0 Å². The van der Waals surface area contributed by atoms with Gasteiger partial charge < -0.3 is 64.8 Å². The molecule has 80 heavy (non-hydrogen) atoms. The highest BCUT2D eigenvalue weighted by molar-refractivity contribution is 7.80. The van der Waals surface area contributed by atoms with Gasteiger partial charge in [0.05, 0.1) is 46.3 Å². The number of aromatic nitrogens is 2. The van der Waals surface area contributed by atoms with Gasteiger partial charge in [-0.05, 0) is 97.6 Å². The van der Waals surface area contributed by atoms with E-state index in [1.165, 1.54) is 17.9 Å². The Labute approximate surface area is 470 Å². The quantitative estimate of drug-likeness (QED) is 0.0293. The average Bonchev–Trinajstić information content (AvgIpc) is 4.28. The topological polar surface area (TPSA) is 297 Å². The number of likely N-dealkylation sites (N-methyl/N-ethyl adjacent to an activating group) is 2. The molecule has 5 aliphatic rings. The van der Waals surface area contributed by atoms with Crippen LogP contribution in [0.5, 0.6) is 11.5 Å². The minimum atomic E-state index is -4.95. The third kappa shape index (κ3) is 11.3. The number of fused-ring (bicyclic) bond motifs is 6. The number of nitrogens with one attached hydrogen (secondary N) is 6. The molecule has 23 nitrogen and oxygen atoms in total. The van der Waals surface area contributed by atoms with Crippen LogP contribution in [0.2, 0.25) is 0 Å². The lowest BCUT2D eigenvalue weighted by Crippen LogP contribution is -2.72. The molecule has 0 saturated heterocycles. The highest BCUT2D eigenvalue weighted by Gasteiger charge is 2.76. The van der Waals surface area contributed by atoms with Crippen molar-refractivity contribution in [3.63, 3.8) is 0 Å². The molecule has 2 bridgehead atoms. The largest absolute Gasteiger partial charge is 0.524 e. The van der Waals surface area contributed by atoms with Gasteiger partial charge in [0.25, 0.3) is 5.17 Å². The zero-order valence-corrected chi connectivity index (χ0v) is 47.7. The van der Waals surface area contributed by atoms with E-state index in [2.05, 4.69) is 31.2 Å². The summed E-state index contributed by atoms with van der Waals surface area (Å²) in [6, 6.07) is 9.01. The summed E-state index contributed by atoms with van der Waals surface area (Å²) in [6.45, 7) is 9.12. The molecular formula is C54H64ClN10O13PS. The molecule has 26 heteroatoms. The summed E-state index contributed by atoms with van der Waals surface area (Å²) in [5, 5.41) is 11.9. The zero-order chi connectivity index (χ0) is 57.7. The number of ether oxygens (including phenoxy) is 2. The number of hydrogen-bond donors (Lipinski definition) is 8. The number of amides is 7. The second-order valence-electron chi connectivity index (χ2n) is 21.7.